The van der Waals surface area contributed by atoms with Gasteiger partial charge >= 0.3 is 12.2 Å². The van der Waals surface area contributed by atoms with Gasteiger partial charge in [-0.3, -0.25) is 14.9 Å². The summed E-state index contributed by atoms with van der Waals surface area (Å²) in [6.45, 7) is 2.10. The fourth-order valence-corrected chi connectivity index (χ4v) is 3.06. The van der Waals surface area contributed by atoms with E-state index in [2.05, 4.69) is 5.32 Å². The quantitative estimate of drug-likeness (QED) is 0.635. The van der Waals surface area contributed by atoms with E-state index >= 15 is 0 Å². The fraction of sp³-hybridized carbons (Fsp3) is 0.348. The number of rotatable bonds is 8. The van der Waals surface area contributed by atoms with E-state index in [1.165, 1.54) is 0 Å². The molecule has 1 saturated heterocycles. The van der Waals surface area contributed by atoms with Gasteiger partial charge in [0.15, 0.2) is 5.78 Å². The number of hydroxylamine groups is 2. The molecule has 164 valence electrons. The van der Waals surface area contributed by atoms with Crippen molar-refractivity contribution in [3.05, 3.63) is 65.7 Å². The molecule has 2 aromatic rings. The number of aryl methyl sites for hydroxylation is 1. The van der Waals surface area contributed by atoms with E-state index in [1.807, 2.05) is 55.5 Å². The molecule has 1 unspecified atom stereocenters. The summed E-state index contributed by atoms with van der Waals surface area (Å²) in [5.74, 6) is -0.171. The largest absolute Gasteiger partial charge is 0.449 e. The average Bonchev–Trinajstić information content (AvgIpc) is 3.15. The number of unbranched alkanes of at least 4 members (excludes halogenated alkanes) is 1. The highest BCUT2D eigenvalue weighted by atomic mass is 16.7. The van der Waals surface area contributed by atoms with Crippen LogP contribution in [0.3, 0.4) is 0 Å². The number of carbonyl (C=O) groups excluding carboxylic acids is 3. The van der Waals surface area contributed by atoms with Crippen molar-refractivity contribution < 1.29 is 28.7 Å². The van der Waals surface area contributed by atoms with Crippen LogP contribution in [0.1, 0.15) is 30.4 Å². The fourth-order valence-electron chi connectivity index (χ4n) is 3.06. The molecule has 1 N–H and O–H groups in total. The SMILES string of the molecule is Cc1ccccc1NC(=O)OCCCCC1ON(C(=O)OCc2ccccc2)CC1=O. The third kappa shape index (κ3) is 6.82. The van der Waals surface area contributed by atoms with Crippen molar-refractivity contribution in [3.63, 3.8) is 0 Å². The van der Waals surface area contributed by atoms with Crippen LogP contribution in [0.5, 0.6) is 0 Å². The summed E-state index contributed by atoms with van der Waals surface area (Å²) in [6.07, 6.45) is -0.270. The third-order valence-electron chi connectivity index (χ3n) is 4.80. The number of nitrogens with zero attached hydrogens (tertiary/aromatic N) is 1. The molecule has 0 aromatic heterocycles. The van der Waals surface area contributed by atoms with Crippen molar-refractivity contribution in [2.24, 2.45) is 0 Å². The number of hydrogen-bond donors (Lipinski definition) is 1. The van der Waals surface area contributed by atoms with Gasteiger partial charge in [-0.15, -0.1) is 0 Å². The minimum absolute atomic E-state index is 0.111. The second kappa shape index (κ2) is 11.1. The summed E-state index contributed by atoms with van der Waals surface area (Å²) in [7, 11) is 0. The van der Waals surface area contributed by atoms with Crippen molar-refractivity contribution in [1.82, 2.24) is 5.06 Å². The molecular weight excluding hydrogens is 400 g/mol. The number of Topliss-reactive ketones (excluding diaryl/α,β-unsaturated/α-hetero) is 1. The number of anilines is 1. The molecule has 1 aliphatic rings. The highest BCUT2D eigenvalue weighted by molar-refractivity contribution is 5.89. The van der Waals surface area contributed by atoms with E-state index < -0.39 is 18.3 Å². The van der Waals surface area contributed by atoms with Crippen LogP contribution in [0.2, 0.25) is 0 Å². The standard InChI is InChI=1S/C23H26N2O6/c1-17-9-5-6-12-19(17)24-22(27)29-14-8-7-13-21-20(26)15-25(31-21)23(28)30-16-18-10-3-2-4-11-18/h2-6,9-12,21H,7-8,13-16H2,1H3,(H,24,27). The Balaban J connectivity index is 1.31. The van der Waals surface area contributed by atoms with Gasteiger partial charge in [-0.25, -0.2) is 9.59 Å². The highest BCUT2D eigenvalue weighted by Gasteiger charge is 2.35. The van der Waals surface area contributed by atoms with Gasteiger partial charge < -0.3 is 9.47 Å². The van der Waals surface area contributed by atoms with Gasteiger partial charge in [-0.1, -0.05) is 48.5 Å². The monoisotopic (exact) mass is 426 g/mol. The lowest BCUT2D eigenvalue weighted by molar-refractivity contribution is -0.137. The van der Waals surface area contributed by atoms with Crippen LogP contribution in [0.4, 0.5) is 15.3 Å². The number of benzene rings is 2. The van der Waals surface area contributed by atoms with Crippen LogP contribution in [0, 0.1) is 6.92 Å². The predicted molar refractivity (Wildman–Crippen MR) is 113 cm³/mol. The molecule has 2 amide bonds. The first-order valence-corrected chi connectivity index (χ1v) is 10.2. The second-order valence-electron chi connectivity index (χ2n) is 7.21. The molecule has 1 aliphatic heterocycles. The Hall–Kier alpha value is -3.39. The Labute approximate surface area is 181 Å². The van der Waals surface area contributed by atoms with E-state index in [9.17, 15) is 14.4 Å². The number of carbonyl (C=O) groups is 3. The Kier molecular flexibility index (Phi) is 8.00. The van der Waals surface area contributed by atoms with Gasteiger partial charge in [0.2, 0.25) is 0 Å². The van der Waals surface area contributed by atoms with E-state index in [0.29, 0.717) is 24.9 Å². The molecule has 0 spiro atoms. The van der Waals surface area contributed by atoms with Crippen molar-refractivity contribution >= 4 is 23.7 Å². The minimum atomic E-state index is -0.690. The zero-order valence-corrected chi connectivity index (χ0v) is 17.4. The molecule has 1 atom stereocenters. The Morgan fingerprint density at radius 2 is 1.81 bits per heavy atom. The maximum Gasteiger partial charge on any atom is 0.434 e. The number of ether oxygens (including phenoxy) is 2. The normalized spacial score (nSPS) is 15.6. The van der Waals surface area contributed by atoms with Crippen LogP contribution >= 0.6 is 0 Å². The molecule has 1 fully saturated rings. The molecule has 0 radical (unpaired) electrons. The molecule has 2 aromatic carbocycles. The van der Waals surface area contributed by atoms with E-state index in [4.69, 9.17) is 14.3 Å². The van der Waals surface area contributed by atoms with Crippen molar-refractivity contribution in [3.8, 4) is 0 Å². The summed E-state index contributed by atoms with van der Waals surface area (Å²) >= 11 is 0. The number of ketones is 1. The van der Waals surface area contributed by atoms with Crippen LogP contribution in [-0.2, 0) is 25.7 Å². The number of nitrogens with one attached hydrogen (secondary N) is 1. The second-order valence-corrected chi connectivity index (χ2v) is 7.21. The molecule has 31 heavy (non-hydrogen) atoms. The van der Waals surface area contributed by atoms with E-state index in [0.717, 1.165) is 16.2 Å². The maximum atomic E-state index is 12.1. The molecule has 8 nitrogen and oxygen atoms in total. The molecule has 1 heterocycles. The molecular formula is C23H26N2O6. The van der Waals surface area contributed by atoms with Gasteiger partial charge in [-0.05, 0) is 43.4 Å². The lowest BCUT2D eigenvalue weighted by atomic mass is 10.1. The van der Waals surface area contributed by atoms with Gasteiger partial charge in [0.1, 0.15) is 19.3 Å². The lowest BCUT2D eigenvalue weighted by Crippen LogP contribution is -2.28. The zero-order valence-electron chi connectivity index (χ0n) is 17.4. The van der Waals surface area contributed by atoms with Crippen LogP contribution in [0.15, 0.2) is 54.6 Å². The summed E-state index contributed by atoms with van der Waals surface area (Å²) in [5, 5.41) is 3.65. The Morgan fingerprint density at radius 3 is 2.58 bits per heavy atom. The highest BCUT2D eigenvalue weighted by Crippen LogP contribution is 2.18. The van der Waals surface area contributed by atoms with Gasteiger partial charge in [0.25, 0.3) is 0 Å². The number of hydrogen-bond acceptors (Lipinski definition) is 6. The summed E-state index contributed by atoms with van der Waals surface area (Å²) in [5.41, 5.74) is 2.50. The molecule has 0 bridgehead atoms. The van der Waals surface area contributed by atoms with E-state index in [1.54, 1.807) is 6.07 Å². The average molecular weight is 426 g/mol. The van der Waals surface area contributed by atoms with Crippen LogP contribution in [-0.4, -0.2) is 42.3 Å². The van der Waals surface area contributed by atoms with Gasteiger partial charge in [-0.2, -0.15) is 5.06 Å². The van der Waals surface area contributed by atoms with E-state index in [-0.39, 0.29) is 25.5 Å². The smallest absolute Gasteiger partial charge is 0.434 e. The summed E-state index contributed by atoms with van der Waals surface area (Å²) in [6, 6.07) is 16.7. The molecule has 0 saturated carbocycles. The van der Waals surface area contributed by atoms with Crippen molar-refractivity contribution in [1.29, 1.82) is 0 Å². The van der Waals surface area contributed by atoms with Crippen molar-refractivity contribution in [2.75, 3.05) is 18.5 Å². The Bertz CT molecular complexity index is 902. The Morgan fingerprint density at radius 1 is 1.06 bits per heavy atom. The summed E-state index contributed by atoms with van der Waals surface area (Å²) in [4.78, 5) is 41.5. The first kappa shape index (κ1) is 22.3. The number of amides is 2. The number of para-hydroxylation sites is 1. The predicted octanol–water partition coefficient (Wildman–Crippen LogP) is 4.24. The van der Waals surface area contributed by atoms with Gasteiger partial charge in [0.05, 0.1) is 6.61 Å². The van der Waals surface area contributed by atoms with Crippen LogP contribution < -0.4 is 5.32 Å². The zero-order chi connectivity index (χ0) is 22.1. The topological polar surface area (TPSA) is 94.2 Å². The lowest BCUT2D eigenvalue weighted by Gasteiger charge is -2.15. The first-order valence-electron chi connectivity index (χ1n) is 10.2. The van der Waals surface area contributed by atoms with Crippen LogP contribution in [0.25, 0.3) is 0 Å². The summed E-state index contributed by atoms with van der Waals surface area (Å²) < 4.78 is 10.3. The molecule has 8 heteroatoms. The van der Waals surface area contributed by atoms with Gasteiger partial charge in [0, 0.05) is 5.69 Å². The third-order valence-corrected chi connectivity index (χ3v) is 4.80. The molecule has 0 aliphatic carbocycles. The first-order chi connectivity index (χ1) is 15.0. The van der Waals surface area contributed by atoms with Crippen molar-refractivity contribution in [2.45, 2.75) is 38.9 Å². The maximum absolute atomic E-state index is 12.1. The molecule has 3 rings (SSSR count). The minimum Gasteiger partial charge on any atom is -0.449 e.